The lowest BCUT2D eigenvalue weighted by atomic mass is 9.97. The number of rotatable bonds is 3. The van der Waals surface area contributed by atoms with E-state index in [1.54, 1.807) is 0 Å². The predicted octanol–water partition coefficient (Wildman–Crippen LogP) is 2.15. The summed E-state index contributed by atoms with van der Waals surface area (Å²) in [5.74, 6) is 1.47. The normalized spacial score (nSPS) is 17.5. The van der Waals surface area contributed by atoms with Gasteiger partial charge in [-0.05, 0) is 43.6 Å². The summed E-state index contributed by atoms with van der Waals surface area (Å²) >= 11 is 6.19. The van der Waals surface area contributed by atoms with Gasteiger partial charge in [-0.15, -0.1) is 12.4 Å². The van der Waals surface area contributed by atoms with Crippen molar-refractivity contribution in [3.63, 3.8) is 0 Å². The molecular weight excluding hydrogens is 327 g/mol. The number of amides is 1. The van der Waals surface area contributed by atoms with Crippen molar-refractivity contribution in [3.8, 4) is 11.5 Å². The van der Waals surface area contributed by atoms with Gasteiger partial charge in [0.15, 0.2) is 11.5 Å². The number of ether oxygens (including phenoxy) is 2. The second kappa shape index (κ2) is 7.90. The molecule has 0 aliphatic carbocycles. The van der Waals surface area contributed by atoms with E-state index in [-0.39, 0.29) is 24.2 Å². The Morgan fingerprint density at radius 3 is 2.77 bits per heavy atom. The van der Waals surface area contributed by atoms with Gasteiger partial charge in [0.1, 0.15) is 13.2 Å². The molecule has 0 atom stereocenters. The minimum Gasteiger partial charge on any atom is -0.486 e. The third-order valence-electron chi connectivity index (χ3n) is 3.83. The smallest absolute Gasteiger partial charge is 0.223 e. The van der Waals surface area contributed by atoms with E-state index < -0.39 is 0 Å². The van der Waals surface area contributed by atoms with Crippen molar-refractivity contribution in [1.82, 2.24) is 10.6 Å². The zero-order chi connectivity index (χ0) is 14.7. The van der Waals surface area contributed by atoms with Gasteiger partial charge in [-0.3, -0.25) is 4.79 Å². The van der Waals surface area contributed by atoms with Crippen LogP contribution in [0.4, 0.5) is 0 Å². The first-order valence-electron chi connectivity index (χ1n) is 7.30. The van der Waals surface area contributed by atoms with Gasteiger partial charge in [-0.1, -0.05) is 11.6 Å². The Bertz CT molecular complexity index is 534. The van der Waals surface area contributed by atoms with Crippen molar-refractivity contribution in [2.45, 2.75) is 19.4 Å². The summed E-state index contributed by atoms with van der Waals surface area (Å²) in [5, 5.41) is 6.76. The molecule has 122 valence electrons. The molecule has 1 saturated heterocycles. The Kier molecular flexibility index (Phi) is 6.17. The van der Waals surface area contributed by atoms with Crippen molar-refractivity contribution in [1.29, 1.82) is 0 Å². The van der Waals surface area contributed by atoms with Crippen LogP contribution in [0.1, 0.15) is 18.4 Å². The Morgan fingerprint density at radius 2 is 2.00 bits per heavy atom. The van der Waals surface area contributed by atoms with Crippen LogP contribution in [-0.4, -0.2) is 32.2 Å². The van der Waals surface area contributed by atoms with E-state index >= 15 is 0 Å². The molecule has 0 bridgehead atoms. The van der Waals surface area contributed by atoms with Crippen molar-refractivity contribution in [2.75, 3.05) is 26.3 Å². The van der Waals surface area contributed by atoms with Crippen LogP contribution in [0.5, 0.6) is 11.5 Å². The van der Waals surface area contributed by atoms with E-state index in [4.69, 9.17) is 21.1 Å². The molecule has 1 amide bonds. The average Bonchev–Trinajstić information content (AvgIpc) is 2.53. The van der Waals surface area contributed by atoms with E-state index in [2.05, 4.69) is 10.6 Å². The van der Waals surface area contributed by atoms with Crippen LogP contribution in [0.3, 0.4) is 0 Å². The van der Waals surface area contributed by atoms with E-state index in [1.807, 2.05) is 12.1 Å². The molecule has 0 spiro atoms. The van der Waals surface area contributed by atoms with Crippen LogP contribution in [0.15, 0.2) is 12.1 Å². The highest BCUT2D eigenvalue weighted by Gasteiger charge is 2.21. The molecule has 0 aromatic heterocycles. The number of nitrogens with one attached hydrogen (secondary N) is 2. The third kappa shape index (κ3) is 3.97. The second-order valence-electron chi connectivity index (χ2n) is 5.34. The highest BCUT2D eigenvalue weighted by Crippen LogP contribution is 2.38. The zero-order valence-electron chi connectivity index (χ0n) is 12.2. The summed E-state index contributed by atoms with van der Waals surface area (Å²) in [4.78, 5) is 12.1. The minimum atomic E-state index is 0. The van der Waals surface area contributed by atoms with Gasteiger partial charge in [0.05, 0.1) is 5.02 Å². The second-order valence-corrected chi connectivity index (χ2v) is 5.75. The molecule has 0 unspecified atom stereocenters. The molecule has 2 N–H and O–H groups in total. The fourth-order valence-electron chi connectivity index (χ4n) is 2.68. The molecule has 5 nitrogen and oxygen atoms in total. The predicted molar refractivity (Wildman–Crippen MR) is 87.1 cm³/mol. The molecule has 7 heteroatoms. The van der Waals surface area contributed by atoms with Crippen molar-refractivity contribution < 1.29 is 14.3 Å². The lowest BCUT2D eigenvalue weighted by molar-refractivity contribution is -0.125. The summed E-state index contributed by atoms with van der Waals surface area (Å²) < 4.78 is 11.0. The first-order chi connectivity index (χ1) is 10.2. The van der Waals surface area contributed by atoms with Gasteiger partial charge in [-0.2, -0.15) is 0 Å². The molecule has 3 rings (SSSR count). The summed E-state index contributed by atoms with van der Waals surface area (Å²) in [5.41, 5.74) is 0.923. The van der Waals surface area contributed by atoms with Crippen LogP contribution >= 0.6 is 24.0 Å². The Balaban J connectivity index is 0.00000176. The first kappa shape index (κ1) is 17.2. The van der Waals surface area contributed by atoms with Gasteiger partial charge in [0.25, 0.3) is 0 Å². The fourth-order valence-corrected chi connectivity index (χ4v) is 2.97. The van der Waals surface area contributed by atoms with E-state index in [0.717, 1.165) is 31.5 Å². The third-order valence-corrected chi connectivity index (χ3v) is 4.11. The van der Waals surface area contributed by atoms with Crippen LogP contribution in [-0.2, 0) is 11.3 Å². The van der Waals surface area contributed by atoms with Gasteiger partial charge >= 0.3 is 0 Å². The Labute approximate surface area is 141 Å². The summed E-state index contributed by atoms with van der Waals surface area (Å²) in [6.07, 6.45) is 1.79. The first-order valence-corrected chi connectivity index (χ1v) is 7.68. The molecule has 2 aliphatic heterocycles. The average molecular weight is 347 g/mol. The molecule has 2 heterocycles. The lowest BCUT2D eigenvalue weighted by Gasteiger charge is -2.22. The van der Waals surface area contributed by atoms with Gasteiger partial charge < -0.3 is 20.1 Å². The maximum Gasteiger partial charge on any atom is 0.223 e. The maximum atomic E-state index is 12.1. The number of piperidine rings is 1. The number of hydrogen-bond acceptors (Lipinski definition) is 4. The number of halogens is 2. The molecule has 1 fully saturated rings. The standard InChI is InChI=1S/C15H19ClN2O3.ClH/c16-12-7-10(8-13-14(12)21-6-5-20-13)9-18-15(19)11-1-3-17-4-2-11;/h7-8,11,17H,1-6,9H2,(H,18,19);1H. The fraction of sp³-hybridized carbons (Fsp3) is 0.533. The number of carbonyl (C=O) groups excluding carboxylic acids is 1. The molecular formula is C15H20Cl2N2O3. The molecule has 0 saturated carbocycles. The minimum absolute atomic E-state index is 0. The lowest BCUT2D eigenvalue weighted by Crippen LogP contribution is -2.37. The van der Waals surface area contributed by atoms with Gasteiger partial charge in [0.2, 0.25) is 5.91 Å². The maximum absolute atomic E-state index is 12.1. The quantitative estimate of drug-likeness (QED) is 0.880. The van der Waals surface area contributed by atoms with Crippen molar-refractivity contribution in [2.24, 2.45) is 5.92 Å². The highest BCUT2D eigenvalue weighted by molar-refractivity contribution is 6.32. The molecule has 1 aromatic carbocycles. The van der Waals surface area contributed by atoms with E-state index in [9.17, 15) is 4.79 Å². The Morgan fingerprint density at radius 1 is 1.27 bits per heavy atom. The number of fused-ring (bicyclic) bond motifs is 1. The summed E-state index contributed by atoms with van der Waals surface area (Å²) in [6.45, 7) is 3.31. The van der Waals surface area contributed by atoms with Crippen LogP contribution in [0.25, 0.3) is 0 Å². The largest absolute Gasteiger partial charge is 0.486 e. The number of carbonyl (C=O) groups is 1. The molecule has 1 aromatic rings. The SMILES string of the molecule is Cl.O=C(NCc1cc(Cl)c2c(c1)OCCO2)C1CCNCC1. The van der Waals surface area contributed by atoms with E-state index in [1.165, 1.54) is 0 Å². The van der Waals surface area contributed by atoms with E-state index in [0.29, 0.717) is 36.3 Å². The molecule has 0 radical (unpaired) electrons. The number of hydrogen-bond donors (Lipinski definition) is 2. The van der Waals surface area contributed by atoms with Crippen LogP contribution < -0.4 is 20.1 Å². The van der Waals surface area contributed by atoms with Crippen molar-refractivity contribution in [3.05, 3.63) is 22.7 Å². The highest BCUT2D eigenvalue weighted by atomic mass is 35.5. The molecule has 2 aliphatic rings. The van der Waals surface area contributed by atoms with Gasteiger partial charge in [0, 0.05) is 12.5 Å². The van der Waals surface area contributed by atoms with Crippen molar-refractivity contribution >= 4 is 29.9 Å². The topological polar surface area (TPSA) is 59.6 Å². The van der Waals surface area contributed by atoms with Crippen LogP contribution in [0.2, 0.25) is 5.02 Å². The monoisotopic (exact) mass is 346 g/mol. The van der Waals surface area contributed by atoms with Gasteiger partial charge in [-0.25, -0.2) is 0 Å². The molecule has 22 heavy (non-hydrogen) atoms. The Hall–Kier alpha value is -1.17. The zero-order valence-corrected chi connectivity index (χ0v) is 13.8. The number of benzene rings is 1. The summed E-state index contributed by atoms with van der Waals surface area (Å²) in [7, 11) is 0. The van der Waals surface area contributed by atoms with Crippen LogP contribution in [0, 0.1) is 5.92 Å². The summed E-state index contributed by atoms with van der Waals surface area (Å²) in [6, 6.07) is 3.70.